The van der Waals surface area contributed by atoms with Crippen LogP contribution in [0.3, 0.4) is 0 Å². The lowest BCUT2D eigenvalue weighted by Gasteiger charge is -2.29. The summed E-state index contributed by atoms with van der Waals surface area (Å²) in [5, 5.41) is 14.0. The lowest BCUT2D eigenvalue weighted by molar-refractivity contribution is -0.128. The van der Waals surface area contributed by atoms with Crippen LogP contribution in [0.2, 0.25) is 0 Å². The van der Waals surface area contributed by atoms with E-state index in [9.17, 15) is 9.59 Å². The summed E-state index contributed by atoms with van der Waals surface area (Å²) >= 11 is 0. The Labute approximate surface area is 171 Å². The maximum absolute atomic E-state index is 12.4. The van der Waals surface area contributed by atoms with Gasteiger partial charge in [-0.3, -0.25) is 9.59 Å². The molecule has 0 radical (unpaired) electrons. The fourth-order valence-electron chi connectivity index (χ4n) is 3.46. The maximum Gasteiger partial charge on any atom is 0.273 e. The van der Waals surface area contributed by atoms with Gasteiger partial charge in [0.2, 0.25) is 0 Å². The summed E-state index contributed by atoms with van der Waals surface area (Å²) < 4.78 is 7.46. The van der Waals surface area contributed by atoms with Crippen LogP contribution in [-0.4, -0.2) is 45.0 Å². The van der Waals surface area contributed by atoms with Crippen LogP contribution < -0.4 is 15.4 Å². The number of hydrogen-bond donors (Lipinski definition) is 2. The van der Waals surface area contributed by atoms with Crippen molar-refractivity contribution in [2.45, 2.75) is 70.7 Å². The first-order chi connectivity index (χ1) is 13.9. The maximum atomic E-state index is 12.4. The molecule has 8 heteroatoms. The molecule has 0 aliphatic heterocycles. The van der Waals surface area contributed by atoms with E-state index in [2.05, 4.69) is 20.9 Å². The standard InChI is InChI=1S/C21H29N5O3/c1-14(2)22-21(28)19-13-26(25-24-19)17-11-9-16(10-12-17)23-20(27)15(3)29-18-7-5-4-6-8-18/h4-8,13-17H,9-12H2,1-3H3,(H,22,28)(H,23,27)/t15-,16?,17?/m0/s1. The third kappa shape index (κ3) is 5.79. The van der Waals surface area contributed by atoms with Crippen LogP contribution in [-0.2, 0) is 4.79 Å². The molecule has 8 nitrogen and oxygen atoms in total. The number of aromatic nitrogens is 3. The summed E-state index contributed by atoms with van der Waals surface area (Å²) in [6.07, 6.45) is 4.59. The number of carbonyl (C=O) groups excluding carboxylic acids is 2. The molecule has 1 aliphatic rings. The predicted octanol–water partition coefficient (Wildman–Crippen LogP) is 2.48. The van der Waals surface area contributed by atoms with Crippen molar-refractivity contribution in [3.63, 3.8) is 0 Å². The van der Waals surface area contributed by atoms with E-state index in [0.29, 0.717) is 11.4 Å². The van der Waals surface area contributed by atoms with Gasteiger partial charge in [-0.25, -0.2) is 4.68 Å². The number of amides is 2. The normalized spacial score (nSPS) is 20.1. The molecule has 1 aromatic heterocycles. The van der Waals surface area contributed by atoms with Crippen molar-refractivity contribution >= 4 is 11.8 Å². The Hall–Kier alpha value is -2.90. The predicted molar refractivity (Wildman–Crippen MR) is 109 cm³/mol. The van der Waals surface area contributed by atoms with Gasteiger partial charge in [0.25, 0.3) is 11.8 Å². The first-order valence-corrected chi connectivity index (χ1v) is 10.2. The number of nitrogens with one attached hydrogen (secondary N) is 2. The van der Waals surface area contributed by atoms with E-state index in [-0.39, 0.29) is 29.9 Å². The van der Waals surface area contributed by atoms with Crippen LogP contribution in [0, 0.1) is 0 Å². The molecule has 0 saturated heterocycles. The van der Waals surface area contributed by atoms with Crippen molar-refractivity contribution in [3.8, 4) is 5.75 Å². The van der Waals surface area contributed by atoms with Crippen molar-refractivity contribution in [2.75, 3.05) is 0 Å². The van der Waals surface area contributed by atoms with E-state index in [1.807, 2.05) is 44.2 Å². The molecule has 1 atom stereocenters. The molecular formula is C21H29N5O3. The quantitative estimate of drug-likeness (QED) is 0.745. The zero-order chi connectivity index (χ0) is 20.8. The van der Waals surface area contributed by atoms with E-state index in [1.54, 1.807) is 17.8 Å². The number of carbonyl (C=O) groups is 2. The largest absolute Gasteiger partial charge is 0.481 e. The molecule has 1 fully saturated rings. The Morgan fingerprint density at radius 1 is 1.10 bits per heavy atom. The Balaban J connectivity index is 1.46. The van der Waals surface area contributed by atoms with Crippen molar-refractivity contribution < 1.29 is 14.3 Å². The smallest absolute Gasteiger partial charge is 0.273 e. The third-order valence-corrected chi connectivity index (χ3v) is 5.01. The number of benzene rings is 1. The minimum Gasteiger partial charge on any atom is -0.481 e. The molecule has 1 heterocycles. The van der Waals surface area contributed by atoms with Gasteiger partial charge in [0, 0.05) is 12.1 Å². The van der Waals surface area contributed by atoms with Gasteiger partial charge < -0.3 is 15.4 Å². The molecule has 1 aliphatic carbocycles. The monoisotopic (exact) mass is 399 g/mol. The highest BCUT2D eigenvalue weighted by atomic mass is 16.5. The van der Waals surface area contributed by atoms with Crippen LogP contribution in [0.5, 0.6) is 5.75 Å². The van der Waals surface area contributed by atoms with Gasteiger partial charge in [0.1, 0.15) is 5.75 Å². The number of nitrogens with zero attached hydrogens (tertiary/aromatic N) is 3. The highest BCUT2D eigenvalue weighted by molar-refractivity contribution is 5.92. The number of para-hydroxylation sites is 1. The Kier molecular flexibility index (Phi) is 6.85. The van der Waals surface area contributed by atoms with Crippen molar-refractivity contribution in [2.24, 2.45) is 0 Å². The van der Waals surface area contributed by atoms with Gasteiger partial charge in [-0.2, -0.15) is 0 Å². The van der Waals surface area contributed by atoms with Crippen molar-refractivity contribution in [1.29, 1.82) is 0 Å². The van der Waals surface area contributed by atoms with Gasteiger partial charge >= 0.3 is 0 Å². The van der Waals surface area contributed by atoms with Crippen molar-refractivity contribution in [1.82, 2.24) is 25.6 Å². The molecule has 0 unspecified atom stereocenters. The summed E-state index contributed by atoms with van der Waals surface area (Å²) in [5.74, 6) is 0.368. The van der Waals surface area contributed by atoms with Crippen molar-refractivity contribution in [3.05, 3.63) is 42.2 Å². The van der Waals surface area contributed by atoms with Crippen LogP contribution in [0.1, 0.15) is 63.0 Å². The molecular weight excluding hydrogens is 370 g/mol. The highest BCUT2D eigenvalue weighted by Gasteiger charge is 2.26. The van der Waals surface area contributed by atoms with Crippen LogP contribution >= 0.6 is 0 Å². The second-order valence-electron chi connectivity index (χ2n) is 7.80. The zero-order valence-electron chi connectivity index (χ0n) is 17.2. The number of hydrogen-bond acceptors (Lipinski definition) is 5. The van der Waals surface area contributed by atoms with E-state index in [1.165, 1.54) is 0 Å². The van der Waals surface area contributed by atoms with E-state index in [0.717, 1.165) is 25.7 Å². The molecule has 156 valence electrons. The fraction of sp³-hybridized carbons (Fsp3) is 0.524. The third-order valence-electron chi connectivity index (χ3n) is 5.01. The lowest BCUT2D eigenvalue weighted by atomic mass is 9.91. The highest BCUT2D eigenvalue weighted by Crippen LogP contribution is 2.28. The minimum absolute atomic E-state index is 0.0555. The van der Waals surface area contributed by atoms with Crippen LogP contribution in [0.4, 0.5) is 0 Å². The number of ether oxygens (including phenoxy) is 1. The topological polar surface area (TPSA) is 98.1 Å². The van der Waals surface area contributed by atoms with E-state index < -0.39 is 6.10 Å². The SMILES string of the molecule is CC(C)NC(=O)c1cn(C2CCC(NC(=O)[C@H](C)Oc3ccccc3)CC2)nn1. The average Bonchev–Trinajstić information content (AvgIpc) is 3.19. The molecule has 1 saturated carbocycles. The molecule has 2 aromatic rings. The summed E-state index contributed by atoms with van der Waals surface area (Å²) in [6, 6.07) is 9.70. The van der Waals surface area contributed by atoms with E-state index >= 15 is 0 Å². The van der Waals surface area contributed by atoms with Gasteiger partial charge in [-0.1, -0.05) is 23.4 Å². The molecule has 1 aromatic carbocycles. The minimum atomic E-state index is -0.549. The van der Waals surface area contributed by atoms with Gasteiger partial charge in [0.15, 0.2) is 11.8 Å². The molecule has 2 N–H and O–H groups in total. The molecule has 0 spiro atoms. The zero-order valence-corrected chi connectivity index (χ0v) is 17.2. The summed E-state index contributed by atoms with van der Waals surface area (Å²) in [7, 11) is 0. The Morgan fingerprint density at radius 2 is 1.79 bits per heavy atom. The average molecular weight is 399 g/mol. The van der Waals surface area contributed by atoms with Crippen LogP contribution in [0.15, 0.2) is 36.5 Å². The summed E-state index contributed by atoms with van der Waals surface area (Å²) in [4.78, 5) is 24.5. The molecule has 3 rings (SSSR count). The van der Waals surface area contributed by atoms with Crippen LogP contribution in [0.25, 0.3) is 0 Å². The lowest BCUT2D eigenvalue weighted by Crippen LogP contribution is -2.44. The fourth-order valence-corrected chi connectivity index (χ4v) is 3.46. The molecule has 0 bridgehead atoms. The summed E-state index contributed by atoms with van der Waals surface area (Å²) in [5.41, 5.74) is 0.334. The van der Waals surface area contributed by atoms with Gasteiger partial charge in [-0.05, 0) is 58.6 Å². The van der Waals surface area contributed by atoms with Gasteiger partial charge in [-0.15, -0.1) is 5.10 Å². The molecule has 29 heavy (non-hydrogen) atoms. The molecule has 2 amide bonds. The summed E-state index contributed by atoms with van der Waals surface area (Å²) in [6.45, 7) is 5.57. The second kappa shape index (κ2) is 9.54. The second-order valence-corrected chi connectivity index (χ2v) is 7.80. The van der Waals surface area contributed by atoms with E-state index in [4.69, 9.17) is 4.74 Å². The van der Waals surface area contributed by atoms with Gasteiger partial charge in [0.05, 0.1) is 12.2 Å². The first-order valence-electron chi connectivity index (χ1n) is 10.2. The Bertz CT molecular complexity index is 813. The number of rotatable bonds is 7. The Morgan fingerprint density at radius 3 is 2.45 bits per heavy atom. The first kappa shape index (κ1) is 20.8.